The number of hydrogen-bond donors (Lipinski definition) is 1. The number of aromatic carboxylic acids is 1. The molecule has 1 N–H and O–H groups in total. The Labute approximate surface area is 130 Å². The van der Waals surface area contributed by atoms with Gasteiger partial charge in [-0.25, -0.2) is 18.6 Å². The van der Waals surface area contributed by atoms with Crippen LogP contribution >= 0.6 is 0 Å². The van der Waals surface area contributed by atoms with Gasteiger partial charge in [0.15, 0.2) is 0 Å². The molecule has 6 heteroatoms. The van der Waals surface area contributed by atoms with E-state index in [4.69, 9.17) is 5.11 Å². The summed E-state index contributed by atoms with van der Waals surface area (Å²) in [6.45, 7) is 0.342. The molecule has 0 saturated carbocycles. The molecule has 4 nitrogen and oxygen atoms in total. The molecule has 0 atom stereocenters. The molecular weight excluding hydrogens is 302 g/mol. The second-order valence-electron chi connectivity index (χ2n) is 5.04. The van der Waals surface area contributed by atoms with Gasteiger partial charge >= 0.3 is 5.97 Å². The van der Waals surface area contributed by atoms with Crippen molar-refractivity contribution >= 4 is 5.97 Å². The lowest BCUT2D eigenvalue weighted by Gasteiger charge is -2.09. The average Bonchev–Trinajstić information content (AvgIpc) is 2.94. The van der Waals surface area contributed by atoms with E-state index in [0.717, 1.165) is 11.6 Å². The van der Waals surface area contributed by atoms with Crippen LogP contribution in [0.2, 0.25) is 0 Å². The molecule has 0 bridgehead atoms. The monoisotopic (exact) mass is 314 g/mol. The maximum absolute atomic E-state index is 13.4. The molecular formula is C17H12F2N2O2. The lowest BCUT2D eigenvalue weighted by atomic mass is 10.1. The molecule has 0 aliphatic rings. The third-order valence-corrected chi connectivity index (χ3v) is 3.36. The molecule has 2 aromatic carbocycles. The van der Waals surface area contributed by atoms with Gasteiger partial charge in [0, 0.05) is 30.6 Å². The number of carboxylic acids is 1. The van der Waals surface area contributed by atoms with E-state index >= 15 is 0 Å². The summed E-state index contributed by atoms with van der Waals surface area (Å²) in [5.74, 6) is -1.96. The smallest absolute Gasteiger partial charge is 0.335 e. The largest absolute Gasteiger partial charge is 0.478 e. The first-order chi connectivity index (χ1) is 11.0. The highest BCUT2D eigenvalue weighted by Gasteiger charge is 2.10. The molecule has 0 unspecified atom stereocenters. The van der Waals surface area contributed by atoms with Crippen molar-refractivity contribution in [3.63, 3.8) is 0 Å². The maximum atomic E-state index is 13.4. The van der Waals surface area contributed by atoms with E-state index in [2.05, 4.69) is 4.98 Å². The minimum Gasteiger partial charge on any atom is -0.478 e. The summed E-state index contributed by atoms with van der Waals surface area (Å²) in [4.78, 5) is 15.2. The number of rotatable bonds is 4. The Kier molecular flexibility index (Phi) is 3.89. The van der Waals surface area contributed by atoms with Crippen molar-refractivity contribution in [2.45, 2.75) is 6.54 Å². The molecule has 0 aliphatic heterocycles. The average molecular weight is 314 g/mol. The van der Waals surface area contributed by atoms with Crippen LogP contribution in [0.25, 0.3) is 11.4 Å². The lowest BCUT2D eigenvalue weighted by molar-refractivity contribution is 0.0696. The molecule has 0 fully saturated rings. The van der Waals surface area contributed by atoms with E-state index in [1.54, 1.807) is 29.0 Å². The summed E-state index contributed by atoms with van der Waals surface area (Å²) in [5, 5.41) is 9.03. The Morgan fingerprint density at radius 2 is 1.87 bits per heavy atom. The van der Waals surface area contributed by atoms with Crippen LogP contribution in [0.4, 0.5) is 8.78 Å². The number of halogens is 2. The first-order valence-corrected chi connectivity index (χ1v) is 6.83. The van der Waals surface area contributed by atoms with Gasteiger partial charge in [-0.05, 0) is 29.8 Å². The Morgan fingerprint density at radius 3 is 2.57 bits per heavy atom. The van der Waals surface area contributed by atoms with Crippen LogP contribution in [0, 0.1) is 11.6 Å². The Balaban J connectivity index is 1.95. The first kappa shape index (κ1) is 14.9. The highest BCUT2D eigenvalue weighted by Crippen LogP contribution is 2.21. The van der Waals surface area contributed by atoms with Gasteiger partial charge in [-0.15, -0.1) is 0 Å². The van der Waals surface area contributed by atoms with Crippen molar-refractivity contribution in [2.75, 3.05) is 0 Å². The topological polar surface area (TPSA) is 55.1 Å². The predicted octanol–water partition coefficient (Wildman–Crippen LogP) is 3.57. The van der Waals surface area contributed by atoms with E-state index in [1.165, 1.54) is 24.4 Å². The van der Waals surface area contributed by atoms with Crippen molar-refractivity contribution in [1.29, 1.82) is 0 Å². The molecule has 0 amide bonds. The summed E-state index contributed by atoms with van der Waals surface area (Å²) in [6.07, 6.45) is 3.20. The zero-order valence-corrected chi connectivity index (χ0v) is 11.9. The molecule has 1 heterocycles. The van der Waals surface area contributed by atoms with Crippen molar-refractivity contribution in [3.05, 3.63) is 77.6 Å². The summed E-state index contributed by atoms with van der Waals surface area (Å²) in [5.41, 5.74) is 1.25. The summed E-state index contributed by atoms with van der Waals surface area (Å²) in [7, 11) is 0. The highest BCUT2D eigenvalue weighted by molar-refractivity contribution is 5.87. The standard InChI is InChI=1S/C17H12F2N2O2/c18-14-7-13(8-15(19)9-14)16-20-4-5-21(16)10-11-2-1-3-12(6-11)17(22)23/h1-9H,10H2,(H,22,23). The van der Waals surface area contributed by atoms with E-state index in [0.29, 0.717) is 17.9 Å². The zero-order chi connectivity index (χ0) is 16.4. The van der Waals surface area contributed by atoms with E-state index < -0.39 is 17.6 Å². The molecule has 0 saturated heterocycles. The fourth-order valence-corrected chi connectivity index (χ4v) is 2.38. The van der Waals surface area contributed by atoms with Gasteiger partial charge in [-0.1, -0.05) is 12.1 Å². The molecule has 0 aliphatic carbocycles. The lowest BCUT2D eigenvalue weighted by Crippen LogP contribution is -2.03. The zero-order valence-electron chi connectivity index (χ0n) is 11.9. The van der Waals surface area contributed by atoms with Crippen LogP contribution in [-0.4, -0.2) is 20.6 Å². The van der Waals surface area contributed by atoms with Gasteiger partial charge in [-0.2, -0.15) is 0 Å². The maximum Gasteiger partial charge on any atom is 0.335 e. The Hall–Kier alpha value is -3.02. The number of benzene rings is 2. The molecule has 3 rings (SSSR count). The number of carboxylic acid groups (broad SMARTS) is 1. The summed E-state index contributed by atoms with van der Waals surface area (Å²) in [6, 6.07) is 9.69. The van der Waals surface area contributed by atoms with Gasteiger partial charge in [0.25, 0.3) is 0 Å². The van der Waals surface area contributed by atoms with Crippen LogP contribution in [-0.2, 0) is 6.54 Å². The molecule has 1 aromatic heterocycles. The van der Waals surface area contributed by atoms with Crippen molar-refractivity contribution < 1.29 is 18.7 Å². The predicted molar refractivity (Wildman–Crippen MR) is 80.1 cm³/mol. The van der Waals surface area contributed by atoms with Crippen LogP contribution in [0.3, 0.4) is 0 Å². The second kappa shape index (κ2) is 6.00. The fraction of sp³-hybridized carbons (Fsp3) is 0.0588. The van der Waals surface area contributed by atoms with Crippen molar-refractivity contribution in [2.24, 2.45) is 0 Å². The minimum atomic E-state index is -1.01. The third-order valence-electron chi connectivity index (χ3n) is 3.36. The van der Waals surface area contributed by atoms with Gasteiger partial charge in [0.2, 0.25) is 0 Å². The fourth-order valence-electron chi connectivity index (χ4n) is 2.38. The van der Waals surface area contributed by atoms with Crippen LogP contribution in [0.1, 0.15) is 15.9 Å². The number of carbonyl (C=O) groups is 1. The van der Waals surface area contributed by atoms with E-state index in [1.807, 2.05) is 0 Å². The molecule has 0 radical (unpaired) electrons. The highest BCUT2D eigenvalue weighted by atomic mass is 19.1. The minimum absolute atomic E-state index is 0.181. The van der Waals surface area contributed by atoms with Crippen molar-refractivity contribution in [1.82, 2.24) is 9.55 Å². The number of nitrogens with zero attached hydrogens (tertiary/aromatic N) is 2. The van der Waals surface area contributed by atoms with Crippen LogP contribution in [0.5, 0.6) is 0 Å². The van der Waals surface area contributed by atoms with Gasteiger partial charge in [-0.3, -0.25) is 0 Å². The second-order valence-corrected chi connectivity index (χ2v) is 5.04. The molecule has 23 heavy (non-hydrogen) atoms. The van der Waals surface area contributed by atoms with E-state index in [9.17, 15) is 13.6 Å². The van der Waals surface area contributed by atoms with Crippen LogP contribution in [0.15, 0.2) is 54.9 Å². The van der Waals surface area contributed by atoms with E-state index in [-0.39, 0.29) is 5.56 Å². The van der Waals surface area contributed by atoms with Gasteiger partial charge in [0.05, 0.1) is 5.56 Å². The molecule has 3 aromatic rings. The van der Waals surface area contributed by atoms with Crippen molar-refractivity contribution in [3.8, 4) is 11.4 Å². The number of hydrogen-bond acceptors (Lipinski definition) is 2. The summed E-state index contributed by atoms with van der Waals surface area (Å²) >= 11 is 0. The SMILES string of the molecule is O=C(O)c1cccc(Cn2ccnc2-c2cc(F)cc(F)c2)c1. The van der Waals surface area contributed by atoms with Crippen LogP contribution < -0.4 is 0 Å². The Morgan fingerprint density at radius 1 is 1.13 bits per heavy atom. The molecule has 116 valence electrons. The first-order valence-electron chi connectivity index (χ1n) is 6.83. The van der Waals surface area contributed by atoms with Gasteiger partial charge in [0.1, 0.15) is 17.5 Å². The number of aromatic nitrogens is 2. The summed E-state index contributed by atoms with van der Waals surface area (Å²) < 4.78 is 28.5. The molecule has 0 spiro atoms. The van der Waals surface area contributed by atoms with Gasteiger partial charge < -0.3 is 9.67 Å². The third kappa shape index (κ3) is 3.26. The Bertz CT molecular complexity index is 854. The quantitative estimate of drug-likeness (QED) is 0.801. The number of imidazole rings is 1. The normalized spacial score (nSPS) is 10.7.